The van der Waals surface area contributed by atoms with Crippen LogP contribution in [0, 0.1) is 25.5 Å². The summed E-state index contributed by atoms with van der Waals surface area (Å²) in [7, 11) is 0. The van der Waals surface area contributed by atoms with Crippen LogP contribution in [0.15, 0.2) is 36.4 Å². The SMILES string of the molecule is Cc1ccccc1N(Cc1c(F)ccc(C)c1F)C(C)C. The summed E-state index contributed by atoms with van der Waals surface area (Å²) in [6.07, 6.45) is 0. The van der Waals surface area contributed by atoms with Crippen LogP contribution in [0.25, 0.3) is 0 Å². The Morgan fingerprint density at radius 3 is 2.24 bits per heavy atom. The first kappa shape index (κ1) is 15.5. The van der Waals surface area contributed by atoms with Gasteiger partial charge in [0.2, 0.25) is 0 Å². The zero-order valence-corrected chi connectivity index (χ0v) is 13.0. The van der Waals surface area contributed by atoms with E-state index in [-0.39, 0.29) is 18.2 Å². The fraction of sp³-hybridized carbons (Fsp3) is 0.333. The van der Waals surface area contributed by atoms with E-state index in [1.165, 1.54) is 12.1 Å². The van der Waals surface area contributed by atoms with Crippen molar-refractivity contribution in [3.63, 3.8) is 0 Å². The van der Waals surface area contributed by atoms with E-state index in [0.717, 1.165) is 11.3 Å². The summed E-state index contributed by atoms with van der Waals surface area (Å²) in [6, 6.07) is 10.9. The van der Waals surface area contributed by atoms with Gasteiger partial charge in [0, 0.05) is 23.8 Å². The van der Waals surface area contributed by atoms with Crippen molar-refractivity contribution < 1.29 is 8.78 Å². The molecule has 0 saturated heterocycles. The van der Waals surface area contributed by atoms with E-state index < -0.39 is 11.6 Å². The summed E-state index contributed by atoms with van der Waals surface area (Å²) in [5, 5.41) is 0. The molecule has 0 aromatic heterocycles. The first-order chi connectivity index (χ1) is 9.91. The van der Waals surface area contributed by atoms with E-state index in [0.29, 0.717) is 5.56 Å². The molecule has 3 heteroatoms. The lowest BCUT2D eigenvalue weighted by Gasteiger charge is -2.31. The van der Waals surface area contributed by atoms with Crippen molar-refractivity contribution in [1.29, 1.82) is 0 Å². The van der Waals surface area contributed by atoms with Gasteiger partial charge in [0.05, 0.1) is 0 Å². The van der Waals surface area contributed by atoms with Crippen molar-refractivity contribution in [2.75, 3.05) is 4.90 Å². The van der Waals surface area contributed by atoms with Crippen molar-refractivity contribution in [2.45, 2.75) is 40.3 Å². The van der Waals surface area contributed by atoms with E-state index in [2.05, 4.69) is 0 Å². The molecule has 2 aromatic rings. The van der Waals surface area contributed by atoms with Crippen molar-refractivity contribution in [3.8, 4) is 0 Å². The van der Waals surface area contributed by atoms with Gasteiger partial charge in [-0.05, 0) is 51.0 Å². The highest BCUT2D eigenvalue weighted by Crippen LogP contribution is 2.26. The summed E-state index contributed by atoms with van der Waals surface area (Å²) < 4.78 is 28.2. The highest BCUT2D eigenvalue weighted by atomic mass is 19.1. The molecule has 0 bridgehead atoms. The Balaban J connectivity index is 2.43. The van der Waals surface area contributed by atoms with Gasteiger partial charge in [-0.2, -0.15) is 0 Å². The number of hydrogen-bond donors (Lipinski definition) is 0. The Kier molecular flexibility index (Phi) is 4.61. The minimum Gasteiger partial charge on any atom is -0.364 e. The maximum Gasteiger partial charge on any atom is 0.134 e. The fourth-order valence-corrected chi connectivity index (χ4v) is 2.46. The minimum atomic E-state index is -0.489. The number of nitrogens with zero attached hydrogens (tertiary/aromatic N) is 1. The molecular formula is C18H21F2N. The van der Waals surface area contributed by atoms with Crippen LogP contribution in [0.2, 0.25) is 0 Å². The van der Waals surface area contributed by atoms with Crippen LogP contribution in [-0.2, 0) is 6.54 Å². The fourth-order valence-electron chi connectivity index (χ4n) is 2.46. The van der Waals surface area contributed by atoms with Crippen molar-refractivity contribution in [3.05, 3.63) is 64.7 Å². The number of rotatable bonds is 4. The molecule has 0 N–H and O–H groups in total. The normalized spacial score (nSPS) is 11.0. The topological polar surface area (TPSA) is 3.24 Å². The molecule has 1 nitrogen and oxygen atoms in total. The number of anilines is 1. The Morgan fingerprint density at radius 1 is 0.952 bits per heavy atom. The van der Waals surface area contributed by atoms with Gasteiger partial charge in [-0.15, -0.1) is 0 Å². The van der Waals surface area contributed by atoms with Crippen LogP contribution in [-0.4, -0.2) is 6.04 Å². The highest BCUT2D eigenvalue weighted by Gasteiger charge is 2.19. The first-order valence-electron chi connectivity index (χ1n) is 7.17. The molecule has 0 amide bonds. The predicted molar refractivity (Wildman–Crippen MR) is 83.6 cm³/mol. The number of hydrogen-bond acceptors (Lipinski definition) is 1. The molecular weight excluding hydrogens is 268 g/mol. The van der Waals surface area contributed by atoms with Crippen molar-refractivity contribution in [1.82, 2.24) is 0 Å². The number of benzene rings is 2. The number of para-hydroxylation sites is 1. The molecule has 0 fully saturated rings. The maximum absolute atomic E-state index is 14.2. The van der Waals surface area contributed by atoms with Gasteiger partial charge in [0.25, 0.3) is 0 Å². The van der Waals surface area contributed by atoms with Gasteiger partial charge in [-0.25, -0.2) is 8.78 Å². The van der Waals surface area contributed by atoms with Crippen LogP contribution < -0.4 is 4.90 Å². The molecule has 0 atom stereocenters. The highest BCUT2D eigenvalue weighted by molar-refractivity contribution is 5.54. The molecule has 0 aliphatic rings. The summed E-state index contributed by atoms with van der Waals surface area (Å²) in [6.45, 7) is 7.94. The van der Waals surface area contributed by atoms with Gasteiger partial charge in [-0.1, -0.05) is 24.3 Å². The minimum absolute atomic E-state index is 0.131. The summed E-state index contributed by atoms with van der Waals surface area (Å²) >= 11 is 0. The lowest BCUT2D eigenvalue weighted by atomic mass is 10.1. The Hall–Kier alpha value is -1.90. The monoisotopic (exact) mass is 289 g/mol. The van der Waals surface area contributed by atoms with Crippen LogP contribution in [0.1, 0.15) is 30.5 Å². The van der Waals surface area contributed by atoms with Crippen molar-refractivity contribution in [2.24, 2.45) is 0 Å². The van der Waals surface area contributed by atoms with Crippen LogP contribution in [0.5, 0.6) is 0 Å². The molecule has 0 unspecified atom stereocenters. The molecule has 0 saturated carbocycles. The third-order valence-corrected chi connectivity index (χ3v) is 3.76. The second-order valence-electron chi connectivity index (χ2n) is 5.66. The van der Waals surface area contributed by atoms with E-state index in [4.69, 9.17) is 0 Å². The molecule has 112 valence electrons. The molecule has 0 radical (unpaired) electrons. The maximum atomic E-state index is 14.2. The van der Waals surface area contributed by atoms with E-state index in [1.807, 2.05) is 49.9 Å². The van der Waals surface area contributed by atoms with Crippen LogP contribution in [0.4, 0.5) is 14.5 Å². The molecule has 2 aromatic carbocycles. The first-order valence-corrected chi connectivity index (χ1v) is 7.17. The molecule has 0 spiro atoms. The van der Waals surface area contributed by atoms with E-state index >= 15 is 0 Å². The quantitative estimate of drug-likeness (QED) is 0.766. The second kappa shape index (κ2) is 6.25. The summed E-state index contributed by atoms with van der Waals surface area (Å²) in [5.41, 5.74) is 2.71. The molecule has 0 heterocycles. The van der Waals surface area contributed by atoms with Gasteiger partial charge in [0.1, 0.15) is 11.6 Å². The lowest BCUT2D eigenvalue weighted by Crippen LogP contribution is -2.31. The lowest BCUT2D eigenvalue weighted by molar-refractivity contribution is 0.537. The molecule has 2 rings (SSSR count). The molecule has 0 aliphatic heterocycles. The van der Waals surface area contributed by atoms with Crippen LogP contribution >= 0.6 is 0 Å². The summed E-state index contributed by atoms with van der Waals surface area (Å²) in [4.78, 5) is 2.02. The van der Waals surface area contributed by atoms with Gasteiger partial charge in [-0.3, -0.25) is 0 Å². The average molecular weight is 289 g/mol. The van der Waals surface area contributed by atoms with Crippen LogP contribution in [0.3, 0.4) is 0 Å². The molecule has 0 aliphatic carbocycles. The van der Waals surface area contributed by atoms with Gasteiger partial charge in [0.15, 0.2) is 0 Å². The van der Waals surface area contributed by atoms with Gasteiger partial charge >= 0.3 is 0 Å². The zero-order valence-electron chi connectivity index (χ0n) is 13.0. The Labute approximate surface area is 125 Å². The third kappa shape index (κ3) is 3.23. The van der Waals surface area contributed by atoms with Crippen molar-refractivity contribution >= 4 is 5.69 Å². The van der Waals surface area contributed by atoms with E-state index in [9.17, 15) is 8.78 Å². The average Bonchev–Trinajstić information content (AvgIpc) is 2.44. The van der Waals surface area contributed by atoms with E-state index in [1.54, 1.807) is 6.92 Å². The van der Waals surface area contributed by atoms with Gasteiger partial charge < -0.3 is 4.90 Å². The standard InChI is InChI=1S/C18H21F2N/c1-12(2)21(17-8-6-5-7-13(17)3)11-15-16(19)10-9-14(4)18(15)20/h5-10,12H,11H2,1-4H3. The third-order valence-electron chi connectivity index (χ3n) is 3.76. The smallest absolute Gasteiger partial charge is 0.134 e. The number of halogens is 2. The second-order valence-corrected chi connectivity index (χ2v) is 5.66. The zero-order chi connectivity index (χ0) is 15.6. The largest absolute Gasteiger partial charge is 0.364 e. The number of aryl methyl sites for hydroxylation is 2. The Morgan fingerprint density at radius 2 is 1.62 bits per heavy atom. The summed E-state index contributed by atoms with van der Waals surface area (Å²) in [5.74, 6) is -0.938. The molecule has 21 heavy (non-hydrogen) atoms. The predicted octanol–water partition coefficient (Wildman–Crippen LogP) is 5.00. The Bertz CT molecular complexity index is 635.